The number of carbonyl (C=O) groups excluding carboxylic acids is 1. The topological polar surface area (TPSA) is 109 Å². The Morgan fingerprint density at radius 1 is 1.38 bits per heavy atom. The highest BCUT2D eigenvalue weighted by atomic mass is 32.1. The predicted octanol–water partition coefficient (Wildman–Crippen LogP) is 1.44. The molecular weight excluding hydrogens is 294 g/mol. The van der Waals surface area contributed by atoms with Gasteiger partial charge in [0.1, 0.15) is 5.00 Å². The van der Waals surface area contributed by atoms with E-state index in [1.54, 1.807) is 17.6 Å². The minimum absolute atomic E-state index is 0.0337. The third kappa shape index (κ3) is 2.34. The maximum absolute atomic E-state index is 12.1. The van der Waals surface area contributed by atoms with Gasteiger partial charge < -0.3 is 10.4 Å². The van der Waals surface area contributed by atoms with Crippen LogP contribution >= 0.6 is 11.3 Å². The Morgan fingerprint density at radius 2 is 2.19 bits per heavy atom. The van der Waals surface area contributed by atoms with Crippen LogP contribution in [-0.2, 0) is 0 Å². The zero-order valence-electron chi connectivity index (χ0n) is 10.8. The summed E-state index contributed by atoms with van der Waals surface area (Å²) in [5.74, 6) is -1.44. The van der Waals surface area contributed by atoms with Gasteiger partial charge in [0, 0.05) is 11.9 Å². The van der Waals surface area contributed by atoms with Crippen molar-refractivity contribution in [3.63, 3.8) is 0 Å². The van der Waals surface area contributed by atoms with E-state index < -0.39 is 11.9 Å². The first kappa shape index (κ1) is 13.2. The number of aromatic nitrogens is 4. The summed E-state index contributed by atoms with van der Waals surface area (Å²) >= 11 is 1.12. The van der Waals surface area contributed by atoms with Crippen LogP contribution in [0.5, 0.6) is 0 Å². The molecule has 0 unspecified atom stereocenters. The molecule has 0 spiro atoms. The van der Waals surface area contributed by atoms with Crippen LogP contribution in [0.25, 0.3) is 5.78 Å². The molecule has 0 atom stereocenters. The molecule has 0 aliphatic rings. The maximum atomic E-state index is 12.1. The van der Waals surface area contributed by atoms with Gasteiger partial charge in [-0.3, -0.25) is 4.79 Å². The van der Waals surface area contributed by atoms with Crippen LogP contribution in [0.2, 0.25) is 0 Å². The van der Waals surface area contributed by atoms with E-state index in [-0.39, 0.29) is 16.4 Å². The quantitative estimate of drug-likeness (QED) is 0.757. The highest BCUT2D eigenvalue weighted by Crippen LogP contribution is 2.23. The van der Waals surface area contributed by atoms with Crippen LogP contribution in [-0.4, -0.2) is 36.6 Å². The lowest BCUT2D eigenvalue weighted by Gasteiger charge is -2.00. The average molecular weight is 303 g/mol. The van der Waals surface area contributed by atoms with Crippen LogP contribution in [0.4, 0.5) is 5.00 Å². The van der Waals surface area contributed by atoms with Gasteiger partial charge in [-0.2, -0.15) is 4.98 Å². The van der Waals surface area contributed by atoms with Gasteiger partial charge in [0.05, 0.1) is 5.56 Å². The first-order valence-corrected chi connectivity index (χ1v) is 6.75. The van der Waals surface area contributed by atoms with Crippen LogP contribution in [0.1, 0.15) is 26.7 Å². The fourth-order valence-electron chi connectivity index (χ4n) is 1.74. The van der Waals surface area contributed by atoms with Gasteiger partial charge in [0.25, 0.3) is 11.7 Å². The van der Waals surface area contributed by atoms with E-state index in [0.717, 1.165) is 17.0 Å². The van der Waals surface area contributed by atoms with Gasteiger partial charge in [-0.15, -0.1) is 16.4 Å². The predicted molar refractivity (Wildman–Crippen MR) is 74.8 cm³/mol. The minimum atomic E-state index is -1.10. The zero-order valence-corrected chi connectivity index (χ0v) is 11.6. The number of nitrogens with zero attached hydrogens (tertiary/aromatic N) is 4. The molecule has 0 aromatic carbocycles. The highest BCUT2D eigenvalue weighted by Gasteiger charge is 2.18. The number of carboxylic acid groups (broad SMARTS) is 1. The summed E-state index contributed by atoms with van der Waals surface area (Å²) in [6, 6.07) is 3.16. The number of carboxylic acids is 1. The van der Waals surface area contributed by atoms with Gasteiger partial charge in [-0.05, 0) is 24.4 Å². The highest BCUT2D eigenvalue weighted by molar-refractivity contribution is 7.14. The van der Waals surface area contributed by atoms with Crippen molar-refractivity contribution in [3.05, 3.63) is 40.8 Å². The molecule has 0 fully saturated rings. The Balaban J connectivity index is 1.92. The molecular formula is C12H9N5O3S. The SMILES string of the molecule is Cc1ccnc2nc(C(=O)Nc3sccc3C(=O)O)nn12. The summed E-state index contributed by atoms with van der Waals surface area (Å²) < 4.78 is 1.45. The second kappa shape index (κ2) is 4.94. The minimum Gasteiger partial charge on any atom is -0.478 e. The molecule has 1 amide bonds. The van der Waals surface area contributed by atoms with E-state index in [4.69, 9.17) is 5.11 Å². The number of aromatic carboxylic acids is 1. The van der Waals surface area contributed by atoms with Gasteiger partial charge in [0.15, 0.2) is 0 Å². The standard InChI is InChI=1S/C12H9N5O3S/c1-6-2-4-13-12-14-8(16-17(6)12)9(18)15-10-7(11(19)20)3-5-21-10/h2-5H,1H3,(H,15,18)(H,19,20). The number of fused-ring (bicyclic) bond motifs is 1. The summed E-state index contributed by atoms with van der Waals surface area (Å²) in [7, 11) is 0. The van der Waals surface area contributed by atoms with Crippen molar-refractivity contribution in [1.29, 1.82) is 0 Å². The second-order valence-electron chi connectivity index (χ2n) is 4.16. The molecule has 21 heavy (non-hydrogen) atoms. The summed E-state index contributed by atoms with van der Waals surface area (Å²) in [6.07, 6.45) is 1.57. The lowest BCUT2D eigenvalue weighted by molar-refractivity contribution is 0.0698. The number of rotatable bonds is 3. The van der Waals surface area contributed by atoms with Crippen molar-refractivity contribution >= 4 is 34.0 Å². The van der Waals surface area contributed by atoms with Gasteiger partial charge in [-0.1, -0.05) is 0 Å². The molecule has 3 heterocycles. The van der Waals surface area contributed by atoms with Gasteiger partial charge >= 0.3 is 5.97 Å². The summed E-state index contributed by atoms with van der Waals surface area (Å²) in [4.78, 5) is 31.1. The molecule has 0 aliphatic carbocycles. The lowest BCUT2D eigenvalue weighted by Crippen LogP contribution is -2.15. The van der Waals surface area contributed by atoms with Crippen molar-refractivity contribution < 1.29 is 14.7 Å². The molecule has 3 aromatic heterocycles. The van der Waals surface area contributed by atoms with Crippen molar-refractivity contribution in [2.24, 2.45) is 0 Å². The average Bonchev–Trinajstić information content (AvgIpc) is 3.05. The van der Waals surface area contributed by atoms with Crippen LogP contribution in [0.15, 0.2) is 23.7 Å². The second-order valence-corrected chi connectivity index (χ2v) is 5.07. The van der Waals surface area contributed by atoms with E-state index in [1.165, 1.54) is 10.6 Å². The molecule has 2 N–H and O–H groups in total. The first-order chi connectivity index (χ1) is 10.1. The maximum Gasteiger partial charge on any atom is 0.338 e. The smallest absolute Gasteiger partial charge is 0.338 e. The largest absolute Gasteiger partial charge is 0.478 e. The number of aryl methyl sites for hydroxylation is 1. The molecule has 9 heteroatoms. The summed E-state index contributed by atoms with van der Waals surface area (Å²) in [6.45, 7) is 1.81. The number of hydrogen-bond donors (Lipinski definition) is 2. The Morgan fingerprint density at radius 3 is 2.90 bits per heavy atom. The fraction of sp³-hybridized carbons (Fsp3) is 0.0833. The van der Waals surface area contributed by atoms with Crippen molar-refractivity contribution in [1.82, 2.24) is 19.6 Å². The summed E-state index contributed by atoms with van der Waals surface area (Å²) in [5, 5.41) is 17.4. The third-order valence-corrected chi connectivity index (χ3v) is 3.59. The Kier molecular flexibility index (Phi) is 3.10. The Bertz CT molecular complexity index is 854. The van der Waals surface area contributed by atoms with Crippen LogP contribution < -0.4 is 5.32 Å². The van der Waals surface area contributed by atoms with Crippen molar-refractivity contribution in [2.75, 3.05) is 5.32 Å². The lowest BCUT2D eigenvalue weighted by atomic mass is 10.3. The van der Waals surface area contributed by atoms with E-state index in [0.29, 0.717) is 5.78 Å². The van der Waals surface area contributed by atoms with Crippen molar-refractivity contribution in [2.45, 2.75) is 6.92 Å². The van der Waals surface area contributed by atoms with Crippen LogP contribution in [0, 0.1) is 6.92 Å². The number of thiophene rings is 1. The molecule has 0 aliphatic heterocycles. The molecule has 106 valence electrons. The fourth-order valence-corrected chi connectivity index (χ4v) is 2.51. The number of nitrogens with one attached hydrogen (secondary N) is 1. The number of hydrogen-bond acceptors (Lipinski definition) is 6. The Hall–Kier alpha value is -2.81. The molecule has 0 bridgehead atoms. The normalized spacial score (nSPS) is 10.7. The number of carbonyl (C=O) groups is 2. The molecule has 3 aromatic rings. The molecule has 0 saturated carbocycles. The van der Waals surface area contributed by atoms with Crippen molar-refractivity contribution in [3.8, 4) is 0 Å². The number of anilines is 1. The molecule has 8 nitrogen and oxygen atoms in total. The van der Waals surface area contributed by atoms with Crippen LogP contribution in [0.3, 0.4) is 0 Å². The van der Waals surface area contributed by atoms with E-state index >= 15 is 0 Å². The molecule has 0 saturated heterocycles. The molecule has 3 rings (SSSR count). The van der Waals surface area contributed by atoms with E-state index in [9.17, 15) is 9.59 Å². The first-order valence-electron chi connectivity index (χ1n) is 5.87. The van der Waals surface area contributed by atoms with Gasteiger partial charge in [0.2, 0.25) is 5.82 Å². The monoisotopic (exact) mass is 303 g/mol. The van der Waals surface area contributed by atoms with Gasteiger partial charge in [-0.25, -0.2) is 14.3 Å². The third-order valence-electron chi connectivity index (χ3n) is 2.76. The Labute approximate surface area is 122 Å². The zero-order chi connectivity index (χ0) is 15.0. The number of amides is 1. The summed E-state index contributed by atoms with van der Waals surface area (Å²) in [5.41, 5.74) is 0.820. The van der Waals surface area contributed by atoms with E-state index in [1.807, 2.05) is 6.92 Å². The molecule has 0 radical (unpaired) electrons. The van der Waals surface area contributed by atoms with E-state index in [2.05, 4.69) is 20.4 Å².